The van der Waals surface area contributed by atoms with Crippen LogP contribution in [0.3, 0.4) is 0 Å². The van der Waals surface area contributed by atoms with Crippen LogP contribution in [0.25, 0.3) is 0 Å². The van der Waals surface area contributed by atoms with E-state index < -0.39 is 22.0 Å². The van der Waals surface area contributed by atoms with Crippen LogP contribution in [0.15, 0.2) is 45.9 Å². The normalized spacial score (nSPS) is 12.8. The van der Waals surface area contributed by atoms with Crippen molar-refractivity contribution in [2.24, 2.45) is 0 Å². The number of hydrogen-bond donors (Lipinski definition) is 2. The first-order valence-electron chi connectivity index (χ1n) is 6.95. The summed E-state index contributed by atoms with van der Waals surface area (Å²) in [5.41, 5.74) is 5.87. The molecule has 1 unspecified atom stereocenters. The lowest BCUT2D eigenvalue weighted by Crippen LogP contribution is -2.36. The number of hydrogen-bond acceptors (Lipinski definition) is 6. The summed E-state index contributed by atoms with van der Waals surface area (Å²) in [7, 11) is -1.69. The largest absolute Gasteiger partial charge is 0.496 e. The van der Waals surface area contributed by atoms with Crippen molar-refractivity contribution in [3.63, 3.8) is 0 Å². The molecule has 3 N–H and O–H groups in total. The molecule has 0 saturated heterocycles. The zero-order chi connectivity index (χ0) is 18.8. The average Bonchev–Trinajstić information content (AvgIpc) is 2.57. The molecule has 0 aliphatic carbocycles. The SMILES string of the molecule is COc1ccccc1C(C(=O)O)N(C)S(=O)(=O)c1cc(Br)cnc1N. The number of carboxylic acid groups (broad SMARTS) is 1. The van der Waals surface area contributed by atoms with Crippen LogP contribution in [0.5, 0.6) is 5.75 Å². The zero-order valence-electron chi connectivity index (χ0n) is 13.4. The fourth-order valence-electron chi connectivity index (χ4n) is 2.31. The summed E-state index contributed by atoms with van der Waals surface area (Å²) in [6.45, 7) is 0. The highest BCUT2D eigenvalue weighted by molar-refractivity contribution is 9.10. The molecule has 0 amide bonds. The quantitative estimate of drug-likeness (QED) is 0.718. The topological polar surface area (TPSA) is 123 Å². The van der Waals surface area contributed by atoms with Crippen LogP contribution in [-0.2, 0) is 14.8 Å². The lowest BCUT2D eigenvalue weighted by Gasteiger charge is -2.26. The molecule has 2 aromatic rings. The first kappa shape index (κ1) is 19.2. The Hall–Kier alpha value is -2.17. The second-order valence-electron chi connectivity index (χ2n) is 5.04. The molecule has 1 aromatic heterocycles. The van der Waals surface area contributed by atoms with E-state index in [1.165, 1.54) is 32.5 Å². The molecule has 134 valence electrons. The van der Waals surface area contributed by atoms with Gasteiger partial charge in [-0.25, -0.2) is 13.4 Å². The van der Waals surface area contributed by atoms with Gasteiger partial charge in [0.1, 0.15) is 16.5 Å². The number of rotatable bonds is 6. The monoisotopic (exact) mass is 429 g/mol. The summed E-state index contributed by atoms with van der Waals surface area (Å²) in [4.78, 5) is 15.3. The van der Waals surface area contributed by atoms with Gasteiger partial charge in [-0.15, -0.1) is 0 Å². The molecular weight excluding hydrogens is 414 g/mol. The molecule has 10 heteroatoms. The van der Waals surface area contributed by atoms with Gasteiger partial charge in [-0.2, -0.15) is 4.31 Å². The fraction of sp³-hybridized carbons (Fsp3) is 0.200. The van der Waals surface area contributed by atoms with Gasteiger partial charge in [0.2, 0.25) is 10.0 Å². The van der Waals surface area contributed by atoms with Crippen LogP contribution < -0.4 is 10.5 Å². The van der Waals surface area contributed by atoms with E-state index in [2.05, 4.69) is 20.9 Å². The van der Waals surface area contributed by atoms with E-state index in [0.29, 0.717) is 4.47 Å². The fourth-order valence-corrected chi connectivity index (χ4v) is 4.18. The van der Waals surface area contributed by atoms with Gasteiger partial charge in [0.25, 0.3) is 0 Å². The minimum absolute atomic E-state index is 0.199. The maximum atomic E-state index is 12.9. The molecule has 0 aliphatic rings. The average molecular weight is 430 g/mol. The summed E-state index contributed by atoms with van der Waals surface area (Å²) in [6, 6.07) is 6.08. The maximum absolute atomic E-state index is 12.9. The van der Waals surface area contributed by atoms with Crippen LogP contribution in [-0.4, -0.2) is 42.9 Å². The Labute approximate surface area is 153 Å². The van der Waals surface area contributed by atoms with Crippen molar-refractivity contribution in [3.8, 4) is 5.75 Å². The predicted molar refractivity (Wildman–Crippen MR) is 94.7 cm³/mol. The summed E-state index contributed by atoms with van der Waals surface area (Å²) >= 11 is 3.13. The van der Waals surface area contributed by atoms with Crippen molar-refractivity contribution >= 4 is 37.7 Å². The molecule has 8 nitrogen and oxygen atoms in total. The second-order valence-corrected chi connectivity index (χ2v) is 7.92. The summed E-state index contributed by atoms with van der Waals surface area (Å²) in [5, 5.41) is 9.63. The molecule has 0 saturated carbocycles. The number of nitrogens with zero attached hydrogens (tertiary/aromatic N) is 2. The van der Waals surface area contributed by atoms with E-state index in [-0.39, 0.29) is 22.0 Å². The number of nitrogen functional groups attached to an aromatic ring is 1. The Morgan fingerprint density at radius 1 is 1.40 bits per heavy atom. The first-order valence-corrected chi connectivity index (χ1v) is 9.18. The van der Waals surface area contributed by atoms with Crippen LogP contribution in [0, 0.1) is 0 Å². The van der Waals surface area contributed by atoms with E-state index in [1.807, 2.05) is 0 Å². The van der Waals surface area contributed by atoms with Gasteiger partial charge in [0, 0.05) is 23.3 Å². The summed E-state index contributed by atoms with van der Waals surface area (Å²) < 4.78 is 32.1. The molecule has 0 spiro atoms. The summed E-state index contributed by atoms with van der Waals surface area (Å²) in [6.07, 6.45) is 1.35. The van der Waals surface area contributed by atoms with Crippen molar-refractivity contribution in [1.82, 2.24) is 9.29 Å². The standard InChI is InChI=1S/C15H16BrN3O5S/c1-19(25(22,23)12-7-9(16)8-18-14(12)17)13(15(20)21)10-5-3-4-6-11(10)24-2/h3-8,13H,1-2H3,(H2,17,18)(H,20,21). The number of ether oxygens (including phenoxy) is 1. The Balaban J connectivity index is 2.59. The lowest BCUT2D eigenvalue weighted by atomic mass is 10.1. The molecular formula is C15H16BrN3O5S. The van der Waals surface area contributed by atoms with Crippen molar-refractivity contribution in [3.05, 3.63) is 46.6 Å². The number of pyridine rings is 1. The number of carboxylic acids is 1. The van der Waals surface area contributed by atoms with Crippen molar-refractivity contribution in [2.45, 2.75) is 10.9 Å². The van der Waals surface area contributed by atoms with Gasteiger partial charge in [-0.1, -0.05) is 18.2 Å². The lowest BCUT2D eigenvalue weighted by molar-refractivity contribution is -0.141. The van der Waals surface area contributed by atoms with E-state index in [4.69, 9.17) is 10.5 Å². The van der Waals surface area contributed by atoms with E-state index >= 15 is 0 Å². The van der Waals surface area contributed by atoms with E-state index in [0.717, 1.165) is 4.31 Å². The number of methoxy groups -OCH3 is 1. The molecule has 25 heavy (non-hydrogen) atoms. The Kier molecular flexibility index (Phi) is 5.65. The Morgan fingerprint density at radius 3 is 2.64 bits per heavy atom. The molecule has 0 fully saturated rings. The molecule has 1 atom stereocenters. The van der Waals surface area contributed by atoms with Gasteiger partial charge in [0.15, 0.2) is 6.04 Å². The highest BCUT2D eigenvalue weighted by atomic mass is 79.9. The number of halogens is 1. The molecule has 0 aliphatic heterocycles. The second kappa shape index (κ2) is 7.38. The number of likely N-dealkylation sites (N-methyl/N-ethyl adjacent to an activating group) is 1. The van der Waals surface area contributed by atoms with Gasteiger partial charge in [0.05, 0.1) is 7.11 Å². The van der Waals surface area contributed by atoms with E-state index in [1.54, 1.807) is 18.2 Å². The third kappa shape index (κ3) is 3.75. The highest BCUT2D eigenvalue weighted by Gasteiger charge is 2.37. The van der Waals surface area contributed by atoms with Gasteiger partial charge in [-0.05, 0) is 28.1 Å². The molecule has 2 rings (SSSR count). The number of nitrogens with two attached hydrogens (primary N) is 1. The molecule has 1 heterocycles. The van der Waals surface area contributed by atoms with Crippen molar-refractivity contribution in [2.75, 3.05) is 19.9 Å². The summed E-state index contributed by atoms with van der Waals surface area (Å²) in [5.74, 6) is -1.31. The minimum Gasteiger partial charge on any atom is -0.496 e. The van der Waals surface area contributed by atoms with Crippen LogP contribution in [0.2, 0.25) is 0 Å². The van der Waals surface area contributed by atoms with E-state index in [9.17, 15) is 18.3 Å². The Morgan fingerprint density at radius 2 is 2.04 bits per heavy atom. The Bertz CT molecular complexity index is 904. The van der Waals surface area contributed by atoms with Crippen LogP contribution in [0.4, 0.5) is 5.82 Å². The van der Waals surface area contributed by atoms with Gasteiger partial charge < -0.3 is 15.6 Å². The van der Waals surface area contributed by atoms with Crippen molar-refractivity contribution in [1.29, 1.82) is 0 Å². The first-order chi connectivity index (χ1) is 11.7. The number of para-hydroxylation sites is 1. The third-order valence-electron chi connectivity index (χ3n) is 3.54. The predicted octanol–water partition coefficient (Wildman–Crippen LogP) is 1.88. The number of aromatic nitrogens is 1. The third-order valence-corrected chi connectivity index (χ3v) is 5.82. The molecule has 0 radical (unpaired) electrons. The van der Waals surface area contributed by atoms with Crippen LogP contribution >= 0.6 is 15.9 Å². The highest BCUT2D eigenvalue weighted by Crippen LogP contribution is 2.33. The smallest absolute Gasteiger partial charge is 0.326 e. The number of carbonyl (C=O) groups is 1. The minimum atomic E-state index is -4.23. The number of sulfonamides is 1. The zero-order valence-corrected chi connectivity index (χ0v) is 15.8. The molecule has 0 bridgehead atoms. The molecule has 1 aromatic carbocycles. The number of aliphatic carboxylic acids is 1. The number of benzene rings is 1. The number of anilines is 1. The van der Waals surface area contributed by atoms with Gasteiger partial charge >= 0.3 is 5.97 Å². The van der Waals surface area contributed by atoms with Gasteiger partial charge in [-0.3, -0.25) is 4.79 Å². The van der Waals surface area contributed by atoms with Crippen LogP contribution in [0.1, 0.15) is 11.6 Å². The maximum Gasteiger partial charge on any atom is 0.326 e. The van der Waals surface area contributed by atoms with Crippen molar-refractivity contribution < 1.29 is 23.1 Å².